The van der Waals surface area contributed by atoms with Crippen LogP contribution in [0, 0.1) is 5.41 Å². The summed E-state index contributed by atoms with van der Waals surface area (Å²) in [6.07, 6.45) is 0. The van der Waals surface area contributed by atoms with Gasteiger partial charge in [-0.3, -0.25) is 0 Å². The number of anilines is 2. The minimum Gasteiger partial charge on any atom is -0.397 e. The Morgan fingerprint density at radius 3 is 2.28 bits per heavy atom. The Labute approximate surface area is 109 Å². The van der Waals surface area contributed by atoms with E-state index in [4.69, 9.17) is 10.9 Å². The Kier molecular flexibility index (Phi) is 3.92. The highest BCUT2D eigenvalue weighted by Crippen LogP contribution is 2.27. The fraction of sp³-hybridized carbons (Fsp3) is 0.500. The van der Waals surface area contributed by atoms with Crippen LogP contribution in [0.1, 0.15) is 27.7 Å². The lowest BCUT2D eigenvalue weighted by molar-refractivity contribution is 0.359. The molecule has 18 heavy (non-hydrogen) atoms. The van der Waals surface area contributed by atoms with Crippen LogP contribution in [0.25, 0.3) is 0 Å². The van der Waals surface area contributed by atoms with Gasteiger partial charge < -0.3 is 11.1 Å². The number of nitrogens with one attached hydrogen (secondary N) is 1. The average molecular weight is 271 g/mol. The summed E-state index contributed by atoms with van der Waals surface area (Å²) in [7, 11) is -3.71. The summed E-state index contributed by atoms with van der Waals surface area (Å²) in [5.41, 5.74) is 6.94. The highest BCUT2D eigenvalue weighted by atomic mass is 32.2. The molecule has 102 valence electrons. The molecule has 5 nitrogen and oxygen atoms in total. The maximum absolute atomic E-state index is 11.3. The van der Waals surface area contributed by atoms with Gasteiger partial charge in [-0.15, -0.1) is 0 Å². The normalized spacial score (nSPS) is 14.3. The molecular formula is C12H21N3O2S. The minimum absolute atomic E-state index is 0.0318. The molecular weight excluding hydrogens is 250 g/mol. The molecule has 0 heterocycles. The number of sulfonamides is 1. The second-order valence-corrected chi connectivity index (χ2v) is 7.09. The molecule has 0 saturated heterocycles. The van der Waals surface area contributed by atoms with Crippen LogP contribution < -0.4 is 16.2 Å². The molecule has 1 aromatic rings. The van der Waals surface area contributed by atoms with Crippen LogP contribution >= 0.6 is 0 Å². The van der Waals surface area contributed by atoms with Crippen molar-refractivity contribution >= 4 is 21.4 Å². The predicted molar refractivity (Wildman–Crippen MR) is 74.8 cm³/mol. The summed E-state index contributed by atoms with van der Waals surface area (Å²) in [6, 6.07) is 4.54. The molecule has 0 saturated carbocycles. The van der Waals surface area contributed by atoms with Crippen LogP contribution in [-0.2, 0) is 10.0 Å². The number of hydrogen-bond acceptors (Lipinski definition) is 4. The second kappa shape index (κ2) is 4.78. The molecule has 1 rings (SSSR count). The number of benzene rings is 1. The van der Waals surface area contributed by atoms with E-state index >= 15 is 0 Å². The van der Waals surface area contributed by atoms with E-state index in [0.29, 0.717) is 11.4 Å². The van der Waals surface area contributed by atoms with Gasteiger partial charge in [0.1, 0.15) is 0 Å². The molecule has 1 aromatic carbocycles. The Morgan fingerprint density at radius 2 is 1.83 bits per heavy atom. The van der Waals surface area contributed by atoms with Crippen LogP contribution in [0.3, 0.4) is 0 Å². The van der Waals surface area contributed by atoms with E-state index in [-0.39, 0.29) is 16.4 Å². The van der Waals surface area contributed by atoms with Crippen LogP contribution in [0.5, 0.6) is 0 Å². The third kappa shape index (κ3) is 3.61. The molecule has 5 N–H and O–H groups in total. The summed E-state index contributed by atoms with van der Waals surface area (Å²) in [5.74, 6) is 0. The zero-order valence-electron chi connectivity index (χ0n) is 11.2. The van der Waals surface area contributed by atoms with Gasteiger partial charge in [-0.05, 0) is 30.5 Å². The fourth-order valence-electron chi connectivity index (χ4n) is 1.29. The van der Waals surface area contributed by atoms with Crippen molar-refractivity contribution in [1.29, 1.82) is 0 Å². The van der Waals surface area contributed by atoms with Gasteiger partial charge in [-0.25, -0.2) is 13.6 Å². The Morgan fingerprint density at radius 1 is 1.28 bits per heavy atom. The maximum Gasteiger partial charge on any atom is 0.238 e. The Bertz CT molecular complexity index is 533. The summed E-state index contributed by atoms with van der Waals surface area (Å²) < 4.78 is 22.6. The highest BCUT2D eigenvalue weighted by Gasteiger charge is 2.21. The molecule has 6 heteroatoms. The number of rotatable bonds is 3. The van der Waals surface area contributed by atoms with Crippen LogP contribution in [-0.4, -0.2) is 14.5 Å². The molecule has 1 unspecified atom stereocenters. The SMILES string of the molecule is CC(Nc1cc(S(N)(=O)=O)ccc1N)C(C)(C)C. The first kappa shape index (κ1) is 14.8. The van der Waals surface area contributed by atoms with Crippen molar-refractivity contribution in [2.45, 2.75) is 38.6 Å². The zero-order valence-corrected chi connectivity index (χ0v) is 12.0. The van der Waals surface area contributed by atoms with E-state index in [1.165, 1.54) is 18.2 Å². The van der Waals surface area contributed by atoms with Crippen molar-refractivity contribution in [1.82, 2.24) is 0 Å². The van der Waals surface area contributed by atoms with Gasteiger partial charge >= 0.3 is 0 Å². The molecule has 0 radical (unpaired) electrons. The van der Waals surface area contributed by atoms with Gasteiger partial charge in [0.25, 0.3) is 0 Å². The molecule has 0 aromatic heterocycles. The van der Waals surface area contributed by atoms with Gasteiger partial charge in [0, 0.05) is 6.04 Å². The smallest absolute Gasteiger partial charge is 0.238 e. The largest absolute Gasteiger partial charge is 0.397 e. The van der Waals surface area contributed by atoms with E-state index in [9.17, 15) is 8.42 Å². The maximum atomic E-state index is 11.3. The van der Waals surface area contributed by atoms with Crippen molar-refractivity contribution in [3.63, 3.8) is 0 Å². The summed E-state index contributed by atoms with van der Waals surface area (Å²) in [5, 5.41) is 8.31. The minimum atomic E-state index is -3.71. The Balaban J connectivity index is 3.10. The van der Waals surface area contributed by atoms with Gasteiger partial charge in [-0.1, -0.05) is 20.8 Å². The molecule has 0 spiro atoms. The number of primary sulfonamides is 1. The molecule has 0 aliphatic rings. The van der Waals surface area contributed by atoms with Crippen LogP contribution in [0.2, 0.25) is 0 Å². The monoisotopic (exact) mass is 271 g/mol. The van der Waals surface area contributed by atoms with Crippen LogP contribution in [0.4, 0.5) is 11.4 Å². The van der Waals surface area contributed by atoms with Gasteiger partial charge in [-0.2, -0.15) is 0 Å². The lowest BCUT2D eigenvalue weighted by Gasteiger charge is -2.29. The topological polar surface area (TPSA) is 98.2 Å². The zero-order chi connectivity index (χ0) is 14.1. The van der Waals surface area contributed by atoms with Gasteiger partial charge in [0.2, 0.25) is 10.0 Å². The Hall–Kier alpha value is -1.27. The summed E-state index contributed by atoms with van der Waals surface area (Å²) in [6.45, 7) is 8.28. The van der Waals surface area contributed by atoms with Gasteiger partial charge in [0.15, 0.2) is 0 Å². The molecule has 1 atom stereocenters. The number of nitrogen functional groups attached to an aromatic ring is 1. The first-order valence-electron chi connectivity index (χ1n) is 5.70. The first-order valence-corrected chi connectivity index (χ1v) is 7.25. The lowest BCUT2D eigenvalue weighted by Crippen LogP contribution is -2.31. The third-order valence-electron chi connectivity index (χ3n) is 3.02. The van der Waals surface area contributed by atoms with Crippen molar-refractivity contribution in [3.8, 4) is 0 Å². The summed E-state index contributed by atoms with van der Waals surface area (Å²) >= 11 is 0. The van der Waals surface area contributed by atoms with Crippen molar-refractivity contribution < 1.29 is 8.42 Å². The summed E-state index contributed by atoms with van der Waals surface area (Å²) in [4.78, 5) is 0.0558. The molecule has 0 bridgehead atoms. The van der Waals surface area contributed by atoms with E-state index in [0.717, 1.165) is 0 Å². The predicted octanol–water partition coefficient (Wildman–Crippen LogP) is 1.76. The van der Waals surface area contributed by atoms with E-state index < -0.39 is 10.0 Å². The van der Waals surface area contributed by atoms with Crippen molar-refractivity contribution in [2.24, 2.45) is 10.6 Å². The van der Waals surface area contributed by atoms with Crippen molar-refractivity contribution in [3.05, 3.63) is 18.2 Å². The van der Waals surface area contributed by atoms with Gasteiger partial charge in [0.05, 0.1) is 16.3 Å². The highest BCUT2D eigenvalue weighted by molar-refractivity contribution is 7.89. The lowest BCUT2D eigenvalue weighted by atomic mass is 9.88. The second-order valence-electron chi connectivity index (χ2n) is 5.53. The van der Waals surface area contributed by atoms with Crippen molar-refractivity contribution in [2.75, 3.05) is 11.1 Å². The molecule has 0 fully saturated rings. The van der Waals surface area contributed by atoms with E-state index in [2.05, 4.69) is 26.1 Å². The third-order valence-corrected chi connectivity index (χ3v) is 3.94. The first-order chi connectivity index (χ1) is 8.01. The standard InChI is InChI=1S/C12H21N3O2S/c1-8(12(2,3)4)15-11-7-9(18(14,16)17)5-6-10(11)13/h5-8,15H,13H2,1-4H3,(H2,14,16,17). The van der Waals surface area contributed by atoms with Crippen LogP contribution in [0.15, 0.2) is 23.1 Å². The number of nitrogens with two attached hydrogens (primary N) is 2. The van der Waals surface area contributed by atoms with E-state index in [1.54, 1.807) is 0 Å². The quantitative estimate of drug-likeness (QED) is 0.729. The molecule has 0 aliphatic heterocycles. The fourth-order valence-corrected chi connectivity index (χ4v) is 1.83. The average Bonchev–Trinajstić information content (AvgIpc) is 2.18. The molecule has 0 aliphatic carbocycles. The number of hydrogen-bond donors (Lipinski definition) is 3. The molecule has 0 amide bonds. The van der Waals surface area contributed by atoms with E-state index in [1.807, 2.05) is 6.92 Å².